The number of rotatable bonds is 6. The number of halogens is 5. The molecule has 0 aromatic carbocycles. The predicted octanol–water partition coefficient (Wildman–Crippen LogP) is 3.14. The monoisotopic (exact) mass is 497 g/mol. The molecule has 1 aliphatic rings. The van der Waals surface area contributed by atoms with Crippen LogP contribution in [-0.4, -0.2) is 63.6 Å². The van der Waals surface area contributed by atoms with Crippen molar-refractivity contribution in [3.8, 4) is 0 Å². The Morgan fingerprint density at radius 1 is 1.29 bits per heavy atom. The summed E-state index contributed by atoms with van der Waals surface area (Å²) in [7, 11) is 1.43. The summed E-state index contributed by atoms with van der Waals surface area (Å²) in [6, 6.07) is 4.19. The molecule has 0 spiro atoms. The largest absolute Gasteiger partial charge is 0.419 e. The third kappa shape index (κ3) is 6.08. The highest BCUT2D eigenvalue weighted by atomic mass is 19.4. The number of piperidine rings is 1. The van der Waals surface area contributed by atoms with Gasteiger partial charge in [0, 0.05) is 44.8 Å². The molecule has 0 bridgehead atoms. The van der Waals surface area contributed by atoms with Crippen LogP contribution in [0.2, 0.25) is 0 Å². The Kier molecular flexibility index (Phi) is 7.66. The van der Waals surface area contributed by atoms with Gasteiger partial charge in [0.05, 0.1) is 35.1 Å². The first-order chi connectivity index (χ1) is 16.5. The van der Waals surface area contributed by atoms with Gasteiger partial charge in [-0.05, 0) is 18.1 Å². The summed E-state index contributed by atoms with van der Waals surface area (Å²) in [5.41, 5.74) is 5.07. The van der Waals surface area contributed by atoms with Crippen molar-refractivity contribution < 1.29 is 26.7 Å². The molecule has 8 nitrogen and oxygen atoms in total. The van der Waals surface area contributed by atoms with Gasteiger partial charge >= 0.3 is 6.18 Å². The molecule has 188 valence electrons. The number of hydrogen-bond acceptors (Lipinski definition) is 7. The number of nitrogens with two attached hydrogens (primary N) is 1. The van der Waals surface area contributed by atoms with Crippen LogP contribution >= 0.6 is 0 Å². The highest BCUT2D eigenvalue weighted by Gasteiger charge is 2.46. The minimum atomic E-state index is -4.59. The van der Waals surface area contributed by atoms with Gasteiger partial charge in [0.2, 0.25) is 5.95 Å². The van der Waals surface area contributed by atoms with Crippen LogP contribution in [0.5, 0.6) is 0 Å². The van der Waals surface area contributed by atoms with E-state index in [0.29, 0.717) is 18.1 Å². The Morgan fingerprint density at radius 3 is 2.51 bits per heavy atom. The number of likely N-dealkylation sites (tertiary alicyclic amines) is 1. The number of hydrogen-bond donors (Lipinski definition) is 2. The Labute approximate surface area is 198 Å². The van der Waals surface area contributed by atoms with Crippen LogP contribution in [0.4, 0.5) is 27.9 Å². The molecule has 3 rings (SSSR count). The topological polar surface area (TPSA) is 109 Å². The zero-order chi connectivity index (χ0) is 25.8. The van der Waals surface area contributed by atoms with E-state index >= 15 is 0 Å². The first kappa shape index (κ1) is 26.0. The Hall–Kier alpha value is -3.64. The van der Waals surface area contributed by atoms with E-state index in [2.05, 4.69) is 25.3 Å². The fraction of sp³-hybridized carbons (Fsp3) is 0.409. The quantitative estimate of drug-likeness (QED) is 0.361. The maximum Gasteiger partial charge on any atom is 0.419 e. The van der Waals surface area contributed by atoms with Crippen LogP contribution in [0.1, 0.15) is 24.6 Å². The van der Waals surface area contributed by atoms with Gasteiger partial charge in [-0.15, -0.1) is 0 Å². The van der Waals surface area contributed by atoms with Gasteiger partial charge in [-0.3, -0.25) is 14.8 Å². The van der Waals surface area contributed by atoms with E-state index in [1.54, 1.807) is 25.1 Å². The van der Waals surface area contributed by atoms with Gasteiger partial charge in [0.15, 0.2) is 0 Å². The number of amides is 1. The number of nitrogens with one attached hydrogen (secondary N) is 1. The zero-order valence-corrected chi connectivity index (χ0v) is 18.9. The molecular formula is C22H24F5N7O. The van der Waals surface area contributed by atoms with E-state index in [1.807, 2.05) is 0 Å². The average molecular weight is 497 g/mol. The third-order valence-corrected chi connectivity index (χ3v) is 5.57. The number of aromatic nitrogens is 3. The molecule has 0 saturated carbocycles. The molecule has 13 heteroatoms. The van der Waals surface area contributed by atoms with Gasteiger partial charge in [-0.1, -0.05) is 13.0 Å². The number of alkyl halides is 5. The van der Waals surface area contributed by atoms with Crippen LogP contribution in [0.25, 0.3) is 0 Å². The van der Waals surface area contributed by atoms with Crippen LogP contribution in [0, 0.1) is 5.92 Å². The minimum absolute atomic E-state index is 0.0750. The van der Waals surface area contributed by atoms with Crippen LogP contribution < -0.4 is 11.1 Å². The molecule has 2 aromatic heterocycles. The summed E-state index contributed by atoms with van der Waals surface area (Å²) < 4.78 is 67.2. The van der Waals surface area contributed by atoms with Crippen molar-refractivity contribution in [1.82, 2.24) is 19.9 Å². The molecule has 2 atom stereocenters. The Bertz CT molecular complexity index is 1090. The summed E-state index contributed by atoms with van der Waals surface area (Å²) in [6.07, 6.45) is -1.35. The Morgan fingerprint density at radius 2 is 1.97 bits per heavy atom. The number of carbonyl (C=O) groups excluding carboxylic acids is 1. The molecule has 2 aromatic rings. The van der Waals surface area contributed by atoms with E-state index in [-0.39, 0.29) is 23.8 Å². The highest BCUT2D eigenvalue weighted by molar-refractivity contribution is 6.27. The minimum Gasteiger partial charge on any atom is -0.404 e. The first-order valence-corrected chi connectivity index (χ1v) is 10.6. The van der Waals surface area contributed by atoms with Gasteiger partial charge < -0.3 is 16.0 Å². The van der Waals surface area contributed by atoms with Crippen LogP contribution in [-0.2, 0) is 11.0 Å². The van der Waals surface area contributed by atoms with E-state index in [1.165, 1.54) is 13.2 Å². The third-order valence-electron chi connectivity index (χ3n) is 5.57. The maximum atomic E-state index is 14.5. The van der Waals surface area contributed by atoms with Crippen molar-refractivity contribution in [1.29, 1.82) is 0 Å². The molecule has 1 saturated heterocycles. The highest BCUT2D eigenvalue weighted by Crippen LogP contribution is 2.35. The van der Waals surface area contributed by atoms with E-state index < -0.39 is 48.5 Å². The summed E-state index contributed by atoms with van der Waals surface area (Å²) in [5.74, 6) is -4.72. The molecule has 3 N–H and O–H groups in total. The summed E-state index contributed by atoms with van der Waals surface area (Å²) in [5, 5.41) is 2.75. The maximum absolute atomic E-state index is 14.5. The molecule has 35 heavy (non-hydrogen) atoms. The lowest BCUT2D eigenvalue weighted by atomic mass is 9.87. The fourth-order valence-electron chi connectivity index (χ4n) is 3.92. The first-order valence-electron chi connectivity index (χ1n) is 10.6. The Balaban J connectivity index is 1.85. The normalized spacial score (nSPS) is 21.1. The lowest BCUT2D eigenvalue weighted by Gasteiger charge is -2.43. The van der Waals surface area contributed by atoms with Gasteiger partial charge in [-0.2, -0.15) is 13.2 Å². The molecule has 3 heterocycles. The SMILES string of the molecule is CN=C(C(=CN)C(=O)N1CC(F)(F)CC(C)C1CNc1ncc(C(F)(F)F)cn1)c1ccccn1. The van der Waals surface area contributed by atoms with E-state index in [9.17, 15) is 26.7 Å². The van der Waals surface area contributed by atoms with Crippen molar-refractivity contribution >= 4 is 17.6 Å². The van der Waals surface area contributed by atoms with Crippen molar-refractivity contribution in [2.24, 2.45) is 16.6 Å². The van der Waals surface area contributed by atoms with Crippen molar-refractivity contribution in [3.05, 3.63) is 59.8 Å². The number of aliphatic imine (C=N–C) groups is 1. The predicted molar refractivity (Wildman–Crippen MR) is 119 cm³/mol. The second kappa shape index (κ2) is 10.3. The molecule has 1 fully saturated rings. The summed E-state index contributed by atoms with van der Waals surface area (Å²) >= 11 is 0. The van der Waals surface area contributed by atoms with E-state index in [0.717, 1.165) is 11.1 Å². The molecule has 2 unspecified atom stereocenters. The lowest BCUT2D eigenvalue weighted by Crippen LogP contribution is -2.58. The van der Waals surface area contributed by atoms with E-state index in [4.69, 9.17) is 5.73 Å². The number of carbonyl (C=O) groups is 1. The molecule has 1 aliphatic heterocycles. The second-order valence-corrected chi connectivity index (χ2v) is 8.08. The van der Waals surface area contributed by atoms with Gasteiger partial charge in [0.1, 0.15) is 0 Å². The average Bonchev–Trinajstić information content (AvgIpc) is 2.81. The zero-order valence-electron chi connectivity index (χ0n) is 18.9. The molecule has 1 amide bonds. The molecule has 0 aliphatic carbocycles. The fourth-order valence-corrected chi connectivity index (χ4v) is 3.92. The molecular weight excluding hydrogens is 473 g/mol. The van der Waals surface area contributed by atoms with Crippen molar-refractivity contribution in [2.75, 3.05) is 25.5 Å². The second-order valence-electron chi connectivity index (χ2n) is 8.08. The van der Waals surface area contributed by atoms with Crippen LogP contribution in [0.3, 0.4) is 0 Å². The van der Waals surface area contributed by atoms with Crippen LogP contribution in [0.15, 0.2) is 53.6 Å². The smallest absolute Gasteiger partial charge is 0.404 e. The number of anilines is 1. The lowest BCUT2D eigenvalue weighted by molar-refractivity contribution is -0.147. The summed E-state index contributed by atoms with van der Waals surface area (Å²) in [4.78, 5) is 30.0. The number of pyridine rings is 1. The standard InChI is InChI=1S/C22H24F5N7O/c1-13-7-21(23,24)12-34(17(13)11-33-20-31-9-14(10-32-20)22(25,26)27)19(35)15(8-28)18(29-2)16-5-3-4-6-30-16/h3-6,8-10,13,17H,7,11-12,28H2,1-2H3,(H,31,32,33). The van der Waals surface area contributed by atoms with Crippen molar-refractivity contribution in [2.45, 2.75) is 31.5 Å². The summed E-state index contributed by atoms with van der Waals surface area (Å²) in [6.45, 7) is 0.619. The number of nitrogens with zero attached hydrogens (tertiary/aromatic N) is 5. The molecule has 0 radical (unpaired) electrons. The van der Waals surface area contributed by atoms with Gasteiger partial charge in [-0.25, -0.2) is 18.7 Å². The van der Waals surface area contributed by atoms with Crippen molar-refractivity contribution in [3.63, 3.8) is 0 Å². The van der Waals surface area contributed by atoms with Gasteiger partial charge in [0.25, 0.3) is 11.8 Å².